The predicted octanol–water partition coefficient (Wildman–Crippen LogP) is 4.17. The fourth-order valence-corrected chi connectivity index (χ4v) is 2.94. The van der Waals surface area contributed by atoms with Gasteiger partial charge >= 0.3 is 6.18 Å². The third-order valence-corrected chi connectivity index (χ3v) is 4.40. The zero-order valence-corrected chi connectivity index (χ0v) is 13.7. The fourth-order valence-electron chi connectivity index (χ4n) is 2.94. The van der Waals surface area contributed by atoms with Gasteiger partial charge in [-0.25, -0.2) is 0 Å². The summed E-state index contributed by atoms with van der Waals surface area (Å²) in [6.45, 7) is 6.63. The van der Waals surface area contributed by atoms with Crippen LogP contribution in [-0.2, 0) is 12.0 Å². The van der Waals surface area contributed by atoms with Gasteiger partial charge in [0.25, 0.3) is 0 Å². The number of hydrogen-bond acceptors (Lipinski definition) is 3. The monoisotopic (exact) mass is 331 g/mol. The third-order valence-electron chi connectivity index (χ3n) is 4.40. The number of hydrogen-bond donors (Lipinski definition) is 2. The lowest BCUT2D eigenvalue weighted by atomic mass is 9.85. The van der Waals surface area contributed by atoms with Crippen molar-refractivity contribution in [3.8, 4) is 11.5 Å². The maximum absolute atomic E-state index is 12.9. The molecule has 1 unspecified atom stereocenters. The molecule has 6 heteroatoms. The molecule has 3 nitrogen and oxygen atoms in total. The van der Waals surface area contributed by atoms with Crippen LogP contribution in [-0.4, -0.2) is 34.4 Å². The lowest BCUT2D eigenvalue weighted by molar-refractivity contribution is -0.187. The van der Waals surface area contributed by atoms with Gasteiger partial charge in [0.1, 0.15) is 0 Å². The Hall–Kier alpha value is -1.43. The molecule has 130 valence electrons. The Morgan fingerprint density at radius 3 is 2.39 bits per heavy atom. The topological polar surface area (TPSA) is 43.7 Å². The highest BCUT2D eigenvalue weighted by Crippen LogP contribution is 2.38. The van der Waals surface area contributed by atoms with E-state index in [9.17, 15) is 23.4 Å². The van der Waals surface area contributed by atoms with Gasteiger partial charge in [0, 0.05) is 18.7 Å². The number of phenols is 2. The van der Waals surface area contributed by atoms with Crippen molar-refractivity contribution in [1.82, 2.24) is 4.90 Å². The normalized spacial score (nSPS) is 20.7. The first-order valence-electron chi connectivity index (χ1n) is 7.83. The molecule has 23 heavy (non-hydrogen) atoms. The van der Waals surface area contributed by atoms with Crippen molar-refractivity contribution in [2.24, 2.45) is 5.92 Å². The molecule has 1 fully saturated rings. The lowest BCUT2D eigenvalue weighted by Gasteiger charge is -2.34. The van der Waals surface area contributed by atoms with Crippen LogP contribution >= 0.6 is 0 Å². The molecule has 1 saturated heterocycles. The molecule has 2 N–H and O–H groups in total. The molecule has 0 aromatic heterocycles. The summed E-state index contributed by atoms with van der Waals surface area (Å²) in [6.07, 6.45) is -3.55. The van der Waals surface area contributed by atoms with Gasteiger partial charge in [-0.1, -0.05) is 26.8 Å². The first kappa shape index (κ1) is 17.9. The zero-order chi connectivity index (χ0) is 17.4. The number of phenolic OH excluding ortho intramolecular Hbond substituents is 2. The summed E-state index contributed by atoms with van der Waals surface area (Å²) in [4.78, 5) is 1.70. The summed E-state index contributed by atoms with van der Waals surface area (Å²) in [5.74, 6) is -1.79. The van der Waals surface area contributed by atoms with Crippen LogP contribution in [0.3, 0.4) is 0 Å². The Balaban J connectivity index is 2.21. The van der Waals surface area contributed by atoms with Crippen molar-refractivity contribution in [1.29, 1.82) is 0 Å². The van der Waals surface area contributed by atoms with Crippen LogP contribution in [0.25, 0.3) is 0 Å². The number of likely N-dealkylation sites (tertiary alicyclic amines) is 1. The van der Waals surface area contributed by atoms with E-state index in [0.717, 1.165) is 5.56 Å². The molecular formula is C17H24F3NO2. The van der Waals surface area contributed by atoms with Gasteiger partial charge in [-0.15, -0.1) is 0 Å². The number of rotatable bonds is 2. The second kappa shape index (κ2) is 6.23. The Labute approximate surface area is 134 Å². The van der Waals surface area contributed by atoms with Crippen molar-refractivity contribution >= 4 is 0 Å². The van der Waals surface area contributed by atoms with Gasteiger partial charge in [-0.05, 0) is 36.4 Å². The standard InChI is InChI=1S/C17H24F3NO2/c1-16(2,3)13-7-11(15(23)14(22)8-13)9-21-6-4-5-12(10-21)17(18,19)20/h7-8,12,22-23H,4-6,9-10H2,1-3H3. The molecule has 0 spiro atoms. The Morgan fingerprint density at radius 2 is 1.83 bits per heavy atom. The second-order valence-corrected chi connectivity index (χ2v) is 7.37. The summed E-state index contributed by atoms with van der Waals surface area (Å²) in [5.41, 5.74) is 1.08. The van der Waals surface area contributed by atoms with E-state index in [2.05, 4.69) is 0 Å². The highest BCUT2D eigenvalue weighted by molar-refractivity contribution is 5.49. The minimum absolute atomic E-state index is 0.0660. The van der Waals surface area contributed by atoms with Crippen molar-refractivity contribution in [3.63, 3.8) is 0 Å². The average molecular weight is 331 g/mol. The maximum Gasteiger partial charge on any atom is 0.393 e. The quantitative estimate of drug-likeness (QED) is 0.800. The Kier molecular flexibility index (Phi) is 4.85. The molecule has 0 aliphatic carbocycles. The minimum atomic E-state index is -4.18. The van der Waals surface area contributed by atoms with E-state index in [1.807, 2.05) is 20.8 Å². The van der Waals surface area contributed by atoms with Gasteiger partial charge in [-0.2, -0.15) is 13.2 Å². The molecule has 1 aliphatic heterocycles. The van der Waals surface area contributed by atoms with Crippen LogP contribution in [0, 0.1) is 5.92 Å². The van der Waals surface area contributed by atoms with E-state index < -0.39 is 12.1 Å². The number of benzene rings is 1. The van der Waals surface area contributed by atoms with Crippen molar-refractivity contribution in [2.45, 2.75) is 51.7 Å². The van der Waals surface area contributed by atoms with Crippen molar-refractivity contribution < 1.29 is 23.4 Å². The van der Waals surface area contributed by atoms with Crippen LogP contribution < -0.4 is 0 Å². The largest absolute Gasteiger partial charge is 0.504 e. The molecule has 1 aromatic rings. The van der Waals surface area contributed by atoms with Crippen molar-refractivity contribution in [2.75, 3.05) is 13.1 Å². The van der Waals surface area contributed by atoms with Crippen molar-refractivity contribution in [3.05, 3.63) is 23.3 Å². The van der Waals surface area contributed by atoms with Crippen LogP contribution in [0.2, 0.25) is 0 Å². The average Bonchev–Trinajstić information content (AvgIpc) is 2.42. The molecule has 1 aromatic carbocycles. The number of nitrogens with zero attached hydrogens (tertiary/aromatic N) is 1. The van der Waals surface area contributed by atoms with Gasteiger partial charge in [0.15, 0.2) is 11.5 Å². The molecule has 0 saturated carbocycles. The Morgan fingerprint density at radius 1 is 1.17 bits per heavy atom. The van der Waals surface area contributed by atoms with Crippen LogP contribution in [0.5, 0.6) is 11.5 Å². The third kappa shape index (κ3) is 4.31. The van der Waals surface area contributed by atoms with Gasteiger partial charge in [-0.3, -0.25) is 4.90 Å². The molecule has 1 aliphatic rings. The summed E-state index contributed by atoms with van der Waals surface area (Å²) in [7, 11) is 0. The lowest BCUT2D eigenvalue weighted by Crippen LogP contribution is -2.41. The molecule has 2 rings (SSSR count). The summed E-state index contributed by atoms with van der Waals surface area (Å²) in [5, 5.41) is 20.0. The van der Waals surface area contributed by atoms with Crippen LogP contribution in [0.4, 0.5) is 13.2 Å². The van der Waals surface area contributed by atoms with E-state index in [4.69, 9.17) is 0 Å². The van der Waals surface area contributed by atoms with E-state index in [1.54, 1.807) is 11.0 Å². The first-order valence-corrected chi connectivity index (χ1v) is 7.83. The maximum atomic E-state index is 12.9. The molecule has 1 heterocycles. The number of aromatic hydroxyl groups is 2. The number of halogens is 3. The Bertz CT molecular complexity index is 564. The zero-order valence-electron chi connectivity index (χ0n) is 13.7. The van der Waals surface area contributed by atoms with Gasteiger partial charge in [0.2, 0.25) is 0 Å². The number of piperidine rings is 1. The van der Waals surface area contributed by atoms with E-state index in [-0.39, 0.29) is 36.4 Å². The summed E-state index contributed by atoms with van der Waals surface area (Å²) >= 11 is 0. The molecule has 1 atom stereocenters. The smallest absolute Gasteiger partial charge is 0.393 e. The fraction of sp³-hybridized carbons (Fsp3) is 0.647. The minimum Gasteiger partial charge on any atom is -0.504 e. The van der Waals surface area contributed by atoms with Crippen LogP contribution in [0.1, 0.15) is 44.7 Å². The van der Waals surface area contributed by atoms with E-state index >= 15 is 0 Å². The molecule has 0 bridgehead atoms. The SMILES string of the molecule is CC(C)(C)c1cc(O)c(O)c(CN2CCCC(C(F)(F)F)C2)c1. The van der Waals surface area contributed by atoms with Gasteiger partial charge in [0.05, 0.1) is 5.92 Å². The molecule has 0 amide bonds. The summed E-state index contributed by atoms with van der Waals surface area (Å²) < 4.78 is 38.7. The van der Waals surface area contributed by atoms with Crippen LogP contribution in [0.15, 0.2) is 12.1 Å². The molecule has 0 radical (unpaired) electrons. The van der Waals surface area contributed by atoms with Gasteiger partial charge < -0.3 is 10.2 Å². The summed E-state index contributed by atoms with van der Waals surface area (Å²) in [6, 6.07) is 3.28. The predicted molar refractivity (Wildman–Crippen MR) is 82.5 cm³/mol. The second-order valence-electron chi connectivity index (χ2n) is 7.37. The van der Waals surface area contributed by atoms with E-state index in [1.165, 1.54) is 6.07 Å². The molecular weight excluding hydrogens is 307 g/mol. The number of alkyl halides is 3. The van der Waals surface area contributed by atoms with E-state index in [0.29, 0.717) is 18.5 Å². The highest BCUT2D eigenvalue weighted by atomic mass is 19.4. The first-order chi connectivity index (χ1) is 10.5. The highest BCUT2D eigenvalue weighted by Gasteiger charge is 2.41.